The second kappa shape index (κ2) is 6.07. The van der Waals surface area contributed by atoms with Crippen LogP contribution in [-0.2, 0) is 12.7 Å². The van der Waals surface area contributed by atoms with Gasteiger partial charge < -0.3 is 10.5 Å². The Bertz CT molecular complexity index is 656. The Kier molecular flexibility index (Phi) is 4.58. The van der Waals surface area contributed by atoms with E-state index in [2.05, 4.69) is 15.9 Å². The van der Waals surface area contributed by atoms with Crippen LogP contribution in [0.25, 0.3) is 0 Å². The van der Waals surface area contributed by atoms with Crippen LogP contribution in [0.3, 0.4) is 0 Å². The molecule has 2 N–H and O–H groups in total. The Morgan fingerprint density at radius 3 is 2.33 bits per heavy atom. The van der Waals surface area contributed by atoms with Gasteiger partial charge in [0.15, 0.2) is 0 Å². The van der Waals surface area contributed by atoms with Crippen LogP contribution in [-0.4, -0.2) is 0 Å². The minimum Gasteiger partial charge on any atom is -0.456 e. The van der Waals surface area contributed by atoms with E-state index in [1.165, 1.54) is 12.1 Å². The summed E-state index contributed by atoms with van der Waals surface area (Å²) in [6.07, 6.45) is -4.50. The summed E-state index contributed by atoms with van der Waals surface area (Å²) >= 11 is 3.30. The Hall–Kier alpha value is -1.53. The third kappa shape index (κ3) is 3.77. The van der Waals surface area contributed by atoms with Crippen molar-refractivity contribution in [3.8, 4) is 11.5 Å². The predicted molar refractivity (Wildman–Crippen MR) is 78.3 cm³/mol. The highest BCUT2D eigenvalue weighted by Crippen LogP contribution is 2.39. The average Bonchev–Trinajstić information content (AvgIpc) is 2.41. The second-order valence-electron chi connectivity index (χ2n) is 4.54. The van der Waals surface area contributed by atoms with E-state index in [1.807, 2.05) is 0 Å². The van der Waals surface area contributed by atoms with Gasteiger partial charge >= 0.3 is 6.18 Å². The van der Waals surface area contributed by atoms with Gasteiger partial charge in [-0.05, 0) is 48.4 Å². The van der Waals surface area contributed by atoms with Crippen LogP contribution in [0.1, 0.15) is 16.7 Å². The Morgan fingerprint density at radius 2 is 1.76 bits per heavy atom. The number of ether oxygens (including phenoxy) is 1. The van der Waals surface area contributed by atoms with Gasteiger partial charge in [-0.15, -0.1) is 0 Å². The molecule has 0 saturated carbocycles. The van der Waals surface area contributed by atoms with Crippen molar-refractivity contribution in [3.05, 3.63) is 57.6 Å². The van der Waals surface area contributed by atoms with Gasteiger partial charge in [0.1, 0.15) is 11.5 Å². The third-order valence-corrected chi connectivity index (χ3v) is 3.44. The molecule has 0 spiro atoms. The summed E-state index contributed by atoms with van der Waals surface area (Å²) in [6.45, 7) is 1.81. The first kappa shape index (κ1) is 15.9. The second-order valence-corrected chi connectivity index (χ2v) is 5.46. The zero-order chi connectivity index (χ0) is 15.6. The van der Waals surface area contributed by atoms with E-state index in [-0.39, 0.29) is 12.3 Å². The van der Waals surface area contributed by atoms with Crippen molar-refractivity contribution >= 4 is 15.9 Å². The lowest BCUT2D eigenvalue weighted by molar-refractivity contribution is -0.138. The van der Waals surface area contributed by atoms with Crippen molar-refractivity contribution in [3.63, 3.8) is 0 Å². The molecule has 0 atom stereocenters. The monoisotopic (exact) mass is 359 g/mol. The van der Waals surface area contributed by atoms with Crippen molar-refractivity contribution in [2.45, 2.75) is 19.6 Å². The molecule has 0 amide bonds. The van der Waals surface area contributed by atoms with Gasteiger partial charge in [-0.2, -0.15) is 13.2 Å². The first-order valence-electron chi connectivity index (χ1n) is 6.15. The highest BCUT2D eigenvalue weighted by atomic mass is 79.9. The Balaban J connectivity index is 2.44. The summed E-state index contributed by atoms with van der Waals surface area (Å²) in [4.78, 5) is 0. The van der Waals surface area contributed by atoms with Crippen LogP contribution in [0.2, 0.25) is 0 Å². The van der Waals surface area contributed by atoms with Crippen LogP contribution in [0.4, 0.5) is 13.2 Å². The minimum atomic E-state index is -4.50. The molecule has 112 valence electrons. The molecule has 2 nitrogen and oxygen atoms in total. The number of hydrogen-bond acceptors (Lipinski definition) is 2. The van der Waals surface area contributed by atoms with Gasteiger partial charge in [0.25, 0.3) is 0 Å². The number of alkyl halides is 3. The van der Waals surface area contributed by atoms with Crippen molar-refractivity contribution in [1.29, 1.82) is 0 Å². The molecule has 0 bridgehead atoms. The SMILES string of the molecule is Cc1cc(Br)ccc1Oc1ccc(CN)cc1C(F)(F)F. The molecule has 0 unspecified atom stereocenters. The minimum absolute atomic E-state index is 0.0423. The topological polar surface area (TPSA) is 35.2 Å². The summed E-state index contributed by atoms with van der Waals surface area (Å²) in [7, 11) is 0. The van der Waals surface area contributed by atoms with Crippen molar-refractivity contribution < 1.29 is 17.9 Å². The van der Waals surface area contributed by atoms with Gasteiger partial charge in [-0.1, -0.05) is 22.0 Å². The molecule has 0 aliphatic carbocycles. The van der Waals surface area contributed by atoms with E-state index in [4.69, 9.17) is 10.5 Å². The summed E-state index contributed by atoms with van der Waals surface area (Å²) < 4.78 is 45.6. The van der Waals surface area contributed by atoms with Crippen LogP contribution < -0.4 is 10.5 Å². The molecule has 0 heterocycles. The molecule has 0 aliphatic rings. The lowest BCUT2D eigenvalue weighted by Crippen LogP contribution is -2.09. The van der Waals surface area contributed by atoms with Gasteiger partial charge in [0.2, 0.25) is 0 Å². The first-order valence-corrected chi connectivity index (χ1v) is 6.95. The fourth-order valence-electron chi connectivity index (χ4n) is 1.86. The molecule has 0 aromatic heterocycles. The summed E-state index contributed by atoms with van der Waals surface area (Å²) in [5.41, 5.74) is 5.71. The smallest absolute Gasteiger partial charge is 0.419 e. The molecule has 21 heavy (non-hydrogen) atoms. The first-order chi connectivity index (χ1) is 9.81. The van der Waals surface area contributed by atoms with E-state index in [0.29, 0.717) is 11.3 Å². The molecule has 0 saturated heterocycles. The van der Waals surface area contributed by atoms with Gasteiger partial charge in [0.05, 0.1) is 5.56 Å². The normalized spacial score (nSPS) is 11.5. The largest absolute Gasteiger partial charge is 0.456 e. The average molecular weight is 360 g/mol. The zero-order valence-corrected chi connectivity index (χ0v) is 12.8. The zero-order valence-electron chi connectivity index (χ0n) is 11.2. The number of halogens is 4. The fourth-order valence-corrected chi connectivity index (χ4v) is 2.34. The molecule has 2 rings (SSSR count). The van der Waals surface area contributed by atoms with Gasteiger partial charge in [-0.25, -0.2) is 0 Å². The maximum absolute atomic E-state index is 13.1. The van der Waals surface area contributed by atoms with E-state index in [9.17, 15) is 13.2 Å². The summed E-state index contributed by atoms with van der Waals surface area (Å²) in [5, 5.41) is 0. The van der Waals surface area contributed by atoms with Gasteiger partial charge in [0, 0.05) is 11.0 Å². The van der Waals surface area contributed by atoms with Crippen molar-refractivity contribution in [2.75, 3.05) is 0 Å². The maximum atomic E-state index is 13.1. The standard InChI is InChI=1S/C15H13BrF3NO/c1-9-6-11(16)3-5-13(9)21-14-4-2-10(8-20)7-12(14)15(17,18)19/h2-7H,8,20H2,1H3. The highest BCUT2D eigenvalue weighted by Gasteiger charge is 2.34. The van der Waals surface area contributed by atoms with Crippen LogP contribution in [0, 0.1) is 6.92 Å². The lowest BCUT2D eigenvalue weighted by Gasteiger charge is -2.16. The molecule has 2 aromatic rings. The van der Waals surface area contributed by atoms with E-state index in [1.54, 1.807) is 25.1 Å². The maximum Gasteiger partial charge on any atom is 0.419 e. The number of hydrogen-bond donors (Lipinski definition) is 1. The quantitative estimate of drug-likeness (QED) is 0.834. The molecule has 0 fully saturated rings. The number of rotatable bonds is 3. The van der Waals surface area contributed by atoms with E-state index < -0.39 is 11.7 Å². The third-order valence-electron chi connectivity index (χ3n) is 2.94. The number of benzene rings is 2. The summed E-state index contributed by atoms with van der Waals surface area (Å²) in [5.74, 6) is 0.148. The van der Waals surface area contributed by atoms with Crippen molar-refractivity contribution in [1.82, 2.24) is 0 Å². The Labute approximate surface area is 128 Å². The summed E-state index contributed by atoms with van der Waals surface area (Å²) in [6, 6.07) is 8.95. The van der Waals surface area contributed by atoms with Crippen LogP contribution >= 0.6 is 15.9 Å². The van der Waals surface area contributed by atoms with Crippen LogP contribution in [0.15, 0.2) is 40.9 Å². The predicted octanol–water partition coefficient (Wildman–Crippen LogP) is 5.03. The number of nitrogens with two attached hydrogens (primary N) is 1. The molecule has 6 heteroatoms. The molecule has 0 radical (unpaired) electrons. The fraction of sp³-hybridized carbons (Fsp3) is 0.200. The number of aryl methyl sites for hydroxylation is 1. The molecule has 0 aliphatic heterocycles. The van der Waals surface area contributed by atoms with E-state index in [0.717, 1.165) is 16.1 Å². The molecular formula is C15H13BrF3NO. The Morgan fingerprint density at radius 1 is 1.10 bits per heavy atom. The highest BCUT2D eigenvalue weighted by molar-refractivity contribution is 9.10. The molecular weight excluding hydrogens is 347 g/mol. The van der Waals surface area contributed by atoms with Gasteiger partial charge in [-0.3, -0.25) is 0 Å². The van der Waals surface area contributed by atoms with Crippen LogP contribution in [0.5, 0.6) is 11.5 Å². The lowest BCUT2D eigenvalue weighted by atomic mass is 10.1. The van der Waals surface area contributed by atoms with Crippen molar-refractivity contribution in [2.24, 2.45) is 5.73 Å². The van der Waals surface area contributed by atoms with E-state index >= 15 is 0 Å². The molecule has 2 aromatic carbocycles.